The van der Waals surface area contributed by atoms with Gasteiger partial charge in [-0.15, -0.1) is 0 Å². The summed E-state index contributed by atoms with van der Waals surface area (Å²) >= 11 is 6.37. The molecule has 1 amide bonds. The third-order valence-electron chi connectivity index (χ3n) is 7.11. The third-order valence-corrected chi connectivity index (χ3v) is 7.42. The van der Waals surface area contributed by atoms with E-state index in [1.807, 2.05) is 17.0 Å². The first-order valence-electron chi connectivity index (χ1n) is 10.0. The number of piperidine rings is 2. The van der Waals surface area contributed by atoms with E-state index in [4.69, 9.17) is 17.0 Å². The molecule has 4 aliphatic rings. The summed E-state index contributed by atoms with van der Waals surface area (Å²) < 4.78 is 0. The quantitative estimate of drug-likeness (QED) is 0.735. The van der Waals surface area contributed by atoms with Gasteiger partial charge in [-0.2, -0.15) is 5.26 Å². The average Bonchev–Trinajstić information content (AvgIpc) is 2.64. The zero-order valence-electron chi connectivity index (χ0n) is 16.7. The Bertz CT molecular complexity index is 873. The van der Waals surface area contributed by atoms with Gasteiger partial charge < -0.3 is 15.6 Å². The number of nitrogens with zero attached hydrogens (tertiary/aromatic N) is 2. The van der Waals surface area contributed by atoms with Gasteiger partial charge in [0.2, 0.25) is 5.91 Å². The van der Waals surface area contributed by atoms with Crippen LogP contribution in [0.4, 0.5) is 5.69 Å². The number of nitriles is 1. The molecule has 4 bridgehead atoms. The van der Waals surface area contributed by atoms with E-state index in [9.17, 15) is 10.1 Å². The van der Waals surface area contributed by atoms with Crippen LogP contribution in [-0.4, -0.2) is 35.7 Å². The molecule has 0 spiro atoms. The lowest BCUT2D eigenvalue weighted by Crippen LogP contribution is -2.66. The largest absolute Gasteiger partial charge is 0.388 e. The van der Waals surface area contributed by atoms with Crippen LogP contribution in [0.3, 0.4) is 0 Å². The lowest BCUT2D eigenvalue weighted by atomic mass is 9.50. The van der Waals surface area contributed by atoms with Gasteiger partial charge in [0, 0.05) is 30.4 Å². The van der Waals surface area contributed by atoms with Crippen molar-refractivity contribution in [1.29, 1.82) is 10.7 Å². The predicted octanol–water partition coefficient (Wildman–Crippen LogP) is 4.46. The summed E-state index contributed by atoms with van der Waals surface area (Å²) in [7, 11) is 1.79. The number of amides is 1. The Morgan fingerprint density at radius 2 is 2.00 bits per heavy atom. The molecule has 28 heavy (non-hydrogen) atoms. The Morgan fingerprint density at radius 1 is 1.36 bits per heavy atom. The summed E-state index contributed by atoms with van der Waals surface area (Å²) in [5.41, 5.74) is 1.49. The fraction of sp³-hybridized carbons (Fsp3) is 0.591. The van der Waals surface area contributed by atoms with Gasteiger partial charge in [0.1, 0.15) is 0 Å². The molecular weight excluding hydrogens is 372 g/mol. The minimum Gasteiger partial charge on any atom is -0.388 e. The number of hydrogen-bond acceptors (Lipinski definition) is 4. The van der Waals surface area contributed by atoms with E-state index >= 15 is 0 Å². The maximum absolute atomic E-state index is 13.5. The molecule has 2 N–H and O–H groups in total. The monoisotopic (exact) mass is 398 g/mol. The second kappa shape index (κ2) is 6.49. The SMILES string of the molecule is CNc1cccc(Cl)c1C(=N)C(C)C(=O)N1C2CC3(C)CC1CC(C#N)(C2)C3. The van der Waals surface area contributed by atoms with Crippen molar-refractivity contribution in [3.8, 4) is 6.07 Å². The normalized spacial score (nSPS) is 34.0. The Labute approximate surface area is 171 Å². The van der Waals surface area contributed by atoms with Crippen LogP contribution < -0.4 is 5.32 Å². The molecule has 5 rings (SSSR count). The molecule has 148 valence electrons. The molecule has 0 radical (unpaired) electrons. The summed E-state index contributed by atoms with van der Waals surface area (Å²) in [5.74, 6) is -0.576. The highest BCUT2D eigenvalue weighted by molar-refractivity contribution is 6.35. The first-order valence-corrected chi connectivity index (χ1v) is 10.4. The van der Waals surface area contributed by atoms with Gasteiger partial charge in [-0.25, -0.2) is 0 Å². The smallest absolute Gasteiger partial charge is 0.231 e. The predicted molar refractivity (Wildman–Crippen MR) is 111 cm³/mol. The van der Waals surface area contributed by atoms with E-state index in [1.165, 1.54) is 0 Å². The number of halogens is 1. The van der Waals surface area contributed by atoms with Gasteiger partial charge in [-0.05, 0) is 56.6 Å². The third kappa shape index (κ3) is 2.81. The highest BCUT2D eigenvalue weighted by Crippen LogP contribution is 2.61. The highest BCUT2D eigenvalue weighted by Gasteiger charge is 2.60. The van der Waals surface area contributed by atoms with Crippen molar-refractivity contribution in [3.63, 3.8) is 0 Å². The van der Waals surface area contributed by atoms with E-state index in [1.54, 1.807) is 20.0 Å². The average molecular weight is 399 g/mol. The van der Waals surface area contributed by atoms with Crippen molar-refractivity contribution < 1.29 is 4.79 Å². The fourth-order valence-corrected chi connectivity index (χ4v) is 6.48. The van der Waals surface area contributed by atoms with E-state index in [2.05, 4.69) is 18.3 Å². The molecule has 1 aromatic carbocycles. The molecule has 2 saturated heterocycles. The van der Waals surface area contributed by atoms with Gasteiger partial charge >= 0.3 is 0 Å². The molecule has 0 aromatic heterocycles. The van der Waals surface area contributed by atoms with Gasteiger partial charge in [0.05, 0.1) is 28.1 Å². The number of carbonyl (C=O) groups excluding carboxylic acids is 1. The van der Waals surface area contributed by atoms with Gasteiger partial charge in [-0.1, -0.05) is 24.6 Å². The number of benzene rings is 1. The molecule has 3 unspecified atom stereocenters. The second-order valence-corrected chi connectivity index (χ2v) is 9.70. The van der Waals surface area contributed by atoms with Gasteiger partial charge in [0.15, 0.2) is 0 Å². The van der Waals surface area contributed by atoms with Crippen molar-refractivity contribution in [3.05, 3.63) is 28.8 Å². The van der Waals surface area contributed by atoms with Crippen LogP contribution in [0.25, 0.3) is 0 Å². The van der Waals surface area contributed by atoms with Crippen LogP contribution in [0.5, 0.6) is 0 Å². The first kappa shape index (κ1) is 19.3. The molecule has 5 nitrogen and oxygen atoms in total. The maximum atomic E-state index is 13.5. The topological polar surface area (TPSA) is 80.0 Å². The number of hydrogen-bond donors (Lipinski definition) is 2. The van der Waals surface area contributed by atoms with Crippen molar-refractivity contribution in [2.45, 2.75) is 58.0 Å². The van der Waals surface area contributed by atoms with E-state index in [-0.39, 0.29) is 34.5 Å². The van der Waals surface area contributed by atoms with Gasteiger partial charge in [-0.3, -0.25) is 4.79 Å². The summed E-state index contributed by atoms with van der Waals surface area (Å²) in [6.45, 7) is 4.08. The Kier molecular flexibility index (Phi) is 4.46. The molecule has 2 aliphatic heterocycles. The van der Waals surface area contributed by atoms with Crippen LogP contribution in [0.2, 0.25) is 5.02 Å². The number of carbonyl (C=O) groups is 1. The lowest BCUT2D eigenvalue weighted by Gasteiger charge is -2.63. The minimum absolute atomic E-state index is 0.00235. The summed E-state index contributed by atoms with van der Waals surface area (Å²) in [5, 5.41) is 22.1. The highest BCUT2D eigenvalue weighted by atomic mass is 35.5. The number of anilines is 1. The molecule has 4 fully saturated rings. The first-order chi connectivity index (χ1) is 13.2. The zero-order chi connectivity index (χ0) is 20.3. The summed E-state index contributed by atoms with van der Waals surface area (Å²) in [4.78, 5) is 15.5. The maximum Gasteiger partial charge on any atom is 0.231 e. The standard InChI is InChI=1S/C22H27ClN4O/c1-13(19(25)18-16(23)5-4-6-17(18)26-3)20(28)27-14-7-21(2)8-15(27)10-22(9-14,11-21)12-24/h4-6,13-15,25-26H,7-11H2,1-3H3. The zero-order valence-corrected chi connectivity index (χ0v) is 17.4. The Balaban J connectivity index is 1.61. The van der Waals surface area contributed by atoms with E-state index < -0.39 is 5.92 Å². The van der Waals surface area contributed by atoms with Crippen LogP contribution in [0.1, 0.15) is 51.5 Å². The number of nitrogens with one attached hydrogen (secondary N) is 2. The van der Waals surface area contributed by atoms with Crippen LogP contribution in [-0.2, 0) is 4.79 Å². The van der Waals surface area contributed by atoms with E-state index in [0.717, 1.165) is 37.8 Å². The van der Waals surface area contributed by atoms with Crippen molar-refractivity contribution in [2.24, 2.45) is 16.7 Å². The molecule has 2 aliphatic carbocycles. The molecule has 2 heterocycles. The lowest BCUT2D eigenvalue weighted by molar-refractivity contribution is -0.164. The molecule has 6 heteroatoms. The number of rotatable bonds is 4. The summed E-state index contributed by atoms with van der Waals surface area (Å²) in [6, 6.07) is 8.27. The van der Waals surface area contributed by atoms with Crippen LogP contribution in [0.15, 0.2) is 18.2 Å². The Morgan fingerprint density at radius 3 is 2.57 bits per heavy atom. The summed E-state index contributed by atoms with van der Waals surface area (Å²) in [6.07, 6.45) is 4.44. The van der Waals surface area contributed by atoms with Crippen LogP contribution >= 0.6 is 11.6 Å². The van der Waals surface area contributed by atoms with Crippen molar-refractivity contribution >= 4 is 28.9 Å². The molecule has 2 saturated carbocycles. The molecule has 3 atom stereocenters. The van der Waals surface area contributed by atoms with Crippen molar-refractivity contribution in [1.82, 2.24) is 4.90 Å². The molecule has 1 aromatic rings. The van der Waals surface area contributed by atoms with Crippen molar-refractivity contribution in [2.75, 3.05) is 12.4 Å². The minimum atomic E-state index is -0.574. The Hall–Kier alpha value is -2.06. The fourth-order valence-electron chi connectivity index (χ4n) is 6.21. The second-order valence-electron chi connectivity index (χ2n) is 9.30. The molecular formula is C22H27ClN4O. The van der Waals surface area contributed by atoms with E-state index in [0.29, 0.717) is 10.6 Å². The van der Waals surface area contributed by atoms with Crippen LogP contribution in [0, 0.1) is 33.5 Å². The van der Waals surface area contributed by atoms with Gasteiger partial charge in [0.25, 0.3) is 0 Å².